The van der Waals surface area contributed by atoms with E-state index in [1.807, 2.05) is 0 Å². The van der Waals surface area contributed by atoms with Crippen molar-refractivity contribution in [1.82, 2.24) is 9.88 Å². The lowest BCUT2D eigenvalue weighted by molar-refractivity contribution is -0.131. The quantitative estimate of drug-likeness (QED) is 0.771. The van der Waals surface area contributed by atoms with Gasteiger partial charge in [-0.3, -0.25) is 4.79 Å². The highest BCUT2D eigenvalue weighted by molar-refractivity contribution is 5.88. The number of hydrogen-bond acceptors (Lipinski definition) is 1. The van der Waals surface area contributed by atoms with Crippen molar-refractivity contribution in [3.8, 4) is 0 Å². The van der Waals surface area contributed by atoms with Crippen LogP contribution in [-0.2, 0) is 16.8 Å². The topological polar surface area (TPSA) is 36.1 Å². The second-order valence-corrected chi connectivity index (χ2v) is 6.07. The van der Waals surface area contributed by atoms with Gasteiger partial charge >= 0.3 is 0 Å². The Morgan fingerprint density at radius 2 is 2.16 bits per heavy atom. The molecular formula is C16H18N2O. The molecule has 1 aromatic heterocycles. The molecule has 3 heterocycles. The summed E-state index contributed by atoms with van der Waals surface area (Å²) in [6.07, 6.45) is 1.64. The van der Waals surface area contributed by atoms with Crippen molar-refractivity contribution in [2.75, 3.05) is 6.54 Å². The Morgan fingerprint density at radius 1 is 1.37 bits per heavy atom. The molecule has 0 bridgehead atoms. The molecule has 4 rings (SSSR count). The normalized spacial score (nSPS) is 29.7. The lowest BCUT2D eigenvalue weighted by Gasteiger charge is -2.42. The molecule has 0 spiro atoms. The lowest BCUT2D eigenvalue weighted by atomic mass is 9.80. The van der Waals surface area contributed by atoms with Crippen molar-refractivity contribution in [1.29, 1.82) is 0 Å². The molecule has 0 aliphatic carbocycles. The molecule has 19 heavy (non-hydrogen) atoms. The van der Waals surface area contributed by atoms with E-state index >= 15 is 0 Å². The lowest BCUT2D eigenvalue weighted by Crippen LogP contribution is -2.48. The Balaban J connectivity index is 2.02. The number of fused-ring (bicyclic) bond motifs is 5. The molecule has 3 nitrogen and oxygen atoms in total. The predicted octanol–water partition coefficient (Wildman–Crippen LogP) is 2.81. The second-order valence-electron chi connectivity index (χ2n) is 6.07. The number of para-hydroxylation sites is 1. The summed E-state index contributed by atoms with van der Waals surface area (Å²) in [6, 6.07) is 8.47. The van der Waals surface area contributed by atoms with Crippen LogP contribution in [0, 0.1) is 5.92 Å². The van der Waals surface area contributed by atoms with Gasteiger partial charge in [0.05, 0.1) is 5.54 Å². The molecule has 2 aliphatic rings. The minimum atomic E-state index is -0.149. The number of carbonyl (C=O) groups is 1. The zero-order valence-electron chi connectivity index (χ0n) is 11.4. The minimum absolute atomic E-state index is 0.149. The highest BCUT2D eigenvalue weighted by Gasteiger charge is 2.52. The summed E-state index contributed by atoms with van der Waals surface area (Å²) in [7, 11) is 0. The highest BCUT2D eigenvalue weighted by atomic mass is 16.2. The van der Waals surface area contributed by atoms with E-state index in [9.17, 15) is 4.79 Å². The SMILES string of the molecule is C[C@@H]1CC(=O)N2CCc3c([nH]c4ccccc34)[C@@]12C. The van der Waals surface area contributed by atoms with Crippen LogP contribution in [0.5, 0.6) is 0 Å². The minimum Gasteiger partial charge on any atom is -0.356 e. The fraction of sp³-hybridized carbons (Fsp3) is 0.438. The molecule has 1 saturated heterocycles. The fourth-order valence-electron chi connectivity index (χ4n) is 3.95. The predicted molar refractivity (Wildman–Crippen MR) is 74.8 cm³/mol. The maximum Gasteiger partial charge on any atom is 0.223 e. The summed E-state index contributed by atoms with van der Waals surface area (Å²) in [5.74, 6) is 0.673. The maximum absolute atomic E-state index is 12.2. The van der Waals surface area contributed by atoms with Gasteiger partial charge in [0, 0.05) is 29.6 Å². The molecule has 2 atom stereocenters. The van der Waals surface area contributed by atoms with Gasteiger partial charge in [-0.1, -0.05) is 25.1 Å². The smallest absolute Gasteiger partial charge is 0.223 e. The zero-order chi connectivity index (χ0) is 13.2. The largest absolute Gasteiger partial charge is 0.356 e. The van der Waals surface area contributed by atoms with Crippen molar-refractivity contribution < 1.29 is 4.79 Å². The van der Waals surface area contributed by atoms with E-state index in [0.717, 1.165) is 13.0 Å². The average molecular weight is 254 g/mol. The van der Waals surface area contributed by atoms with Crippen molar-refractivity contribution >= 4 is 16.8 Å². The first-order valence-corrected chi connectivity index (χ1v) is 7.03. The van der Waals surface area contributed by atoms with Crippen LogP contribution in [0.15, 0.2) is 24.3 Å². The third kappa shape index (κ3) is 1.20. The Labute approximate surface area is 112 Å². The van der Waals surface area contributed by atoms with Crippen LogP contribution in [-0.4, -0.2) is 22.3 Å². The molecule has 1 fully saturated rings. The van der Waals surface area contributed by atoms with Gasteiger partial charge in [0.15, 0.2) is 0 Å². The van der Waals surface area contributed by atoms with Crippen LogP contribution in [0.1, 0.15) is 31.5 Å². The summed E-state index contributed by atoms with van der Waals surface area (Å²) in [4.78, 5) is 17.8. The second kappa shape index (κ2) is 3.41. The average Bonchev–Trinajstić information content (AvgIpc) is 2.88. The highest BCUT2D eigenvalue weighted by Crippen LogP contribution is 2.48. The molecule has 98 valence electrons. The molecular weight excluding hydrogens is 236 g/mol. The Morgan fingerprint density at radius 3 is 3.00 bits per heavy atom. The van der Waals surface area contributed by atoms with Gasteiger partial charge in [-0.05, 0) is 30.9 Å². The third-order valence-electron chi connectivity index (χ3n) is 5.21. The van der Waals surface area contributed by atoms with E-state index < -0.39 is 0 Å². The summed E-state index contributed by atoms with van der Waals surface area (Å²) < 4.78 is 0. The molecule has 3 heteroatoms. The number of rotatable bonds is 0. The van der Waals surface area contributed by atoms with Gasteiger partial charge < -0.3 is 9.88 Å². The third-order valence-corrected chi connectivity index (χ3v) is 5.21. The number of aromatic nitrogens is 1. The maximum atomic E-state index is 12.2. The first-order chi connectivity index (χ1) is 9.12. The number of carbonyl (C=O) groups excluding carboxylic acids is 1. The van der Waals surface area contributed by atoms with Gasteiger partial charge in [0.25, 0.3) is 0 Å². The van der Waals surface area contributed by atoms with Crippen LogP contribution in [0.25, 0.3) is 10.9 Å². The van der Waals surface area contributed by atoms with E-state index in [2.05, 4.69) is 48.0 Å². The molecule has 2 aliphatic heterocycles. The van der Waals surface area contributed by atoms with Gasteiger partial charge in [-0.2, -0.15) is 0 Å². The molecule has 0 unspecified atom stereocenters. The van der Waals surface area contributed by atoms with Crippen LogP contribution in [0.4, 0.5) is 0 Å². The summed E-state index contributed by atoms with van der Waals surface area (Å²) in [5, 5.41) is 1.32. The summed E-state index contributed by atoms with van der Waals surface area (Å²) >= 11 is 0. The Bertz CT molecular complexity index is 687. The monoisotopic (exact) mass is 254 g/mol. The zero-order valence-corrected chi connectivity index (χ0v) is 11.4. The number of benzene rings is 1. The number of H-pyrrole nitrogens is 1. The Hall–Kier alpha value is -1.77. The summed E-state index contributed by atoms with van der Waals surface area (Å²) in [5.41, 5.74) is 3.72. The number of amides is 1. The standard InChI is InChI=1S/C16H18N2O/c1-10-9-14(19)18-8-7-12-11-5-3-4-6-13(11)17-15(12)16(10,18)2/h3-6,10,17H,7-9H2,1-2H3/t10-,16-/m1/s1. The van der Waals surface area contributed by atoms with Crippen LogP contribution < -0.4 is 0 Å². The summed E-state index contributed by atoms with van der Waals surface area (Å²) in [6.45, 7) is 5.27. The van der Waals surface area contributed by atoms with Crippen molar-refractivity contribution in [2.45, 2.75) is 32.2 Å². The first kappa shape index (κ1) is 11.1. The molecule has 2 aromatic rings. The number of aromatic amines is 1. The van der Waals surface area contributed by atoms with Gasteiger partial charge in [-0.15, -0.1) is 0 Å². The van der Waals surface area contributed by atoms with Crippen LogP contribution in [0.3, 0.4) is 0 Å². The van der Waals surface area contributed by atoms with Crippen molar-refractivity contribution in [3.05, 3.63) is 35.5 Å². The van der Waals surface area contributed by atoms with Crippen LogP contribution >= 0.6 is 0 Å². The van der Waals surface area contributed by atoms with E-state index in [-0.39, 0.29) is 5.54 Å². The van der Waals surface area contributed by atoms with Gasteiger partial charge in [-0.25, -0.2) is 0 Å². The van der Waals surface area contributed by atoms with E-state index in [4.69, 9.17) is 0 Å². The van der Waals surface area contributed by atoms with Crippen molar-refractivity contribution in [3.63, 3.8) is 0 Å². The fourth-order valence-corrected chi connectivity index (χ4v) is 3.95. The van der Waals surface area contributed by atoms with E-state index in [1.54, 1.807) is 0 Å². The molecule has 1 N–H and O–H groups in total. The number of nitrogens with one attached hydrogen (secondary N) is 1. The first-order valence-electron chi connectivity index (χ1n) is 7.03. The van der Waals surface area contributed by atoms with Crippen molar-refractivity contribution in [2.24, 2.45) is 5.92 Å². The van der Waals surface area contributed by atoms with Gasteiger partial charge in [0.2, 0.25) is 5.91 Å². The Kier molecular flexibility index (Phi) is 1.99. The van der Waals surface area contributed by atoms with Crippen LogP contribution in [0.2, 0.25) is 0 Å². The molecule has 0 radical (unpaired) electrons. The molecule has 1 amide bonds. The number of hydrogen-bond donors (Lipinski definition) is 1. The van der Waals surface area contributed by atoms with E-state index in [0.29, 0.717) is 18.2 Å². The molecule has 1 aromatic carbocycles. The molecule has 0 saturated carbocycles. The number of nitrogens with zero attached hydrogens (tertiary/aromatic N) is 1. The van der Waals surface area contributed by atoms with E-state index in [1.165, 1.54) is 22.2 Å². The van der Waals surface area contributed by atoms with Gasteiger partial charge in [0.1, 0.15) is 0 Å².